The van der Waals surface area contributed by atoms with Crippen LogP contribution in [0, 0.1) is 6.92 Å². The monoisotopic (exact) mass is 273 g/mol. The van der Waals surface area contributed by atoms with E-state index >= 15 is 0 Å². The Morgan fingerprint density at radius 2 is 1.78 bits per heavy atom. The van der Waals surface area contributed by atoms with Crippen LogP contribution in [0.5, 0.6) is 0 Å². The molecular weight excluding hydrogens is 262 g/mol. The van der Waals surface area contributed by atoms with Gasteiger partial charge in [-0.25, -0.2) is 4.98 Å². The first-order chi connectivity index (χ1) is 8.31. The molecule has 0 atom stereocenters. The number of carbonyl (C=O) groups is 3. The molecule has 0 aliphatic heterocycles. The van der Waals surface area contributed by atoms with Crippen LogP contribution in [-0.2, 0) is 9.59 Å². The predicted octanol–water partition coefficient (Wildman–Crippen LogP) is -0.355. The molecule has 1 rings (SSSR count). The number of hydrogen-bond donors (Lipinski definition) is 3. The molecule has 0 aliphatic rings. The Kier molecular flexibility index (Phi) is 4.21. The van der Waals surface area contributed by atoms with Gasteiger partial charge in [-0.15, -0.1) is 0 Å². The molecule has 0 fully saturated rings. The van der Waals surface area contributed by atoms with Gasteiger partial charge in [-0.2, -0.15) is 0 Å². The standard InChI is InChI=1S/C9H11N3O5S/c1-4-7(18-9(10)11-4)8(17)12(2-5(13)14)3-6(15)16/h2-3H2,1H3,(H2,10,11)(H,13,14)(H,15,16). The molecule has 1 amide bonds. The third-order valence-corrected chi connectivity index (χ3v) is 2.92. The van der Waals surface area contributed by atoms with Gasteiger partial charge in [0.15, 0.2) is 5.13 Å². The second-order valence-electron chi connectivity index (χ2n) is 3.42. The zero-order chi connectivity index (χ0) is 13.9. The van der Waals surface area contributed by atoms with Crippen molar-refractivity contribution in [2.75, 3.05) is 18.8 Å². The molecule has 0 radical (unpaired) electrons. The van der Waals surface area contributed by atoms with Gasteiger partial charge in [-0.3, -0.25) is 14.4 Å². The Balaban J connectivity index is 2.97. The molecule has 0 spiro atoms. The van der Waals surface area contributed by atoms with E-state index in [-0.39, 0.29) is 10.0 Å². The zero-order valence-electron chi connectivity index (χ0n) is 9.41. The number of rotatable bonds is 5. The van der Waals surface area contributed by atoms with Crippen LogP contribution in [-0.4, -0.2) is 51.0 Å². The SMILES string of the molecule is Cc1nc(N)sc1C(=O)N(CC(=O)O)CC(=O)O. The van der Waals surface area contributed by atoms with Gasteiger partial charge in [0.05, 0.1) is 5.69 Å². The van der Waals surface area contributed by atoms with Crippen molar-refractivity contribution in [1.29, 1.82) is 0 Å². The second kappa shape index (κ2) is 5.45. The fraction of sp³-hybridized carbons (Fsp3) is 0.333. The molecule has 1 aromatic heterocycles. The maximum Gasteiger partial charge on any atom is 0.323 e. The predicted molar refractivity (Wildman–Crippen MR) is 62.4 cm³/mol. The van der Waals surface area contributed by atoms with Crippen LogP contribution in [0.1, 0.15) is 15.4 Å². The highest BCUT2D eigenvalue weighted by molar-refractivity contribution is 7.17. The van der Waals surface area contributed by atoms with E-state index in [1.807, 2.05) is 0 Å². The number of hydrogen-bond acceptors (Lipinski definition) is 6. The number of nitrogen functional groups attached to an aromatic ring is 1. The van der Waals surface area contributed by atoms with Crippen LogP contribution in [0.15, 0.2) is 0 Å². The normalized spacial score (nSPS) is 10.1. The first-order valence-electron chi connectivity index (χ1n) is 4.77. The largest absolute Gasteiger partial charge is 0.480 e. The summed E-state index contributed by atoms with van der Waals surface area (Å²) in [6.45, 7) is 0.157. The summed E-state index contributed by atoms with van der Waals surface area (Å²) >= 11 is 0.895. The summed E-state index contributed by atoms with van der Waals surface area (Å²) in [4.78, 5) is 37.8. The third-order valence-electron chi connectivity index (χ3n) is 1.95. The zero-order valence-corrected chi connectivity index (χ0v) is 10.2. The van der Waals surface area contributed by atoms with Crippen molar-refractivity contribution in [3.05, 3.63) is 10.6 Å². The van der Waals surface area contributed by atoms with Crippen molar-refractivity contribution in [3.63, 3.8) is 0 Å². The van der Waals surface area contributed by atoms with E-state index in [1.165, 1.54) is 0 Å². The lowest BCUT2D eigenvalue weighted by Crippen LogP contribution is -2.39. The van der Waals surface area contributed by atoms with Crippen molar-refractivity contribution < 1.29 is 24.6 Å². The van der Waals surface area contributed by atoms with Crippen LogP contribution in [0.25, 0.3) is 0 Å². The molecule has 0 saturated heterocycles. The smallest absolute Gasteiger partial charge is 0.323 e. The first-order valence-corrected chi connectivity index (χ1v) is 5.58. The van der Waals surface area contributed by atoms with E-state index in [2.05, 4.69) is 4.98 Å². The summed E-state index contributed by atoms with van der Waals surface area (Å²) in [5.74, 6) is -3.29. The Morgan fingerprint density at radius 1 is 1.28 bits per heavy atom. The summed E-state index contributed by atoms with van der Waals surface area (Å²) in [6.07, 6.45) is 0. The molecule has 1 heterocycles. The van der Waals surface area contributed by atoms with Gasteiger partial charge < -0.3 is 20.8 Å². The van der Waals surface area contributed by atoms with Gasteiger partial charge in [0.25, 0.3) is 5.91 Å². The van der Waals surface area contributed by atoms with Crippen LogP contribution < -0.4 is 5.73 Å². The quantitative estimate of drug-likeness (QED) is 0.667. The first kappa shape index (κ1) is 13.9. The minimum atomic E-state index is -1.29. The molecule has 1 aromatic rings. The van der Waals surface area contributed by atoms with Crippen LogP contribution >= 0.6 is 11.3 Å². The van der Waals surface area contributed by atoms with Gasteiger partial charge in [0.2, 0.25) is 0 Å². The Labute approximate surface area is 106 Å². The number of carboxylic acid groups (broad SMARTS) is 2. The topological polar surface area (TPSA) is 134 Å². The van der Waals surface area contributed by atoms with E-state index in [0.29, 0.717) is 10.6 Å². The lowest BCUT2D eigenvalue weighted by Gasteiger charge is -2.17. The Morgan fingerprint density at radius 3 is 2.11 bits per heavy atom. The summed E-state index contributed by atoms with van der Waals surface area (Å²) in [5, 5.41) is 17.5. The highest BCUT2D eigenvalue weighted by Crippen LogP contribution is 2.21. The maximum atomic E-state index is 12.0. The van der Waals surface area contributed by atoms with E-state index in [0.717, 1.165) is 11.3 Å². The third kappa shape index (κ3) is 3.42. The van der Waals surface area contributed by atoms with E-state index in [1.54, 1.807) is 6.92 Å². The number of aromatic nitrogens is 1. The maximum absolute atomic E-state index is 12.0. The van der Waals surface area contributed by atoms with Gasteiger partial charge >= 0.3 is 11.9 Å². The average Bonchev–Trinajstić information content (AvgIpc) is 2.54. The van der Waals surface area contributed by atoms with Gasteiger partial charge in [-0.1, -0.05) is 11.3 Å². The lowest BCUT2D eigenvalue weighted by atomic mass is 10.3. The molecule has 0 aromatic carbocycles. The van der Waals surface area contributed by atoms with Gasteiger partial charge in [-0.05, 0) is 6.92 Å². The molecule has 0 aliphatic carbocycles. The van der Waals surface area contributed by atoms with Crippen LogP contribution in [0.3, 0.4) is 0 Å². The van der Waals surface area contributed by atoms with E-state index in [9.17, 15) is 14.4 Å². The highest BCUT2D eigenvalue weighted by atomic mass is 32.1. The molecule has 18 heavy (non-hydrogen) atoms. The summed E-state index contributed by atoms with van der Waals surface area (Å²) in [5.41, 5.74) is 5.77. The van der Waals surface area contributed by atoms with Gasteiger partial charge in [0, 0.05) is 0 Å². The molecule has 0 unspecified atom stereocenters. The van der Waals surface area contributed by atoms with Crippen molar-refractivity contribution in [1.82, 2.24) is 9.88 Å². The van der Waals surface area contributed by atoms with Crippen LogP contribution in [0.2, 0.25) is 0 Å². The van der Waals surface area contributed by atoms with E-state index in [4.69, 9.17) is 15.9 Å². The number of thiazole rings is 1. The number of nitrogens with zero attached hydrogens (tertiary/aromatic N) is 2. The fourth-order valence-corrected chi connectivity index (χ4v) is 2.09. The Bertz CT molecular complexity index is 482. The summed E-state index contributed by atoms with van der Waals surface area (Å²) in [6, 6.07) is 0. The van der Waals surface area contributed by atoms with Crippen molar-refractivity contribution >= 4 is 34.3 Å². The number of carbonyl (C=O) groups excluding carboxylic acids is 1. The number of carboxylic acids is 2. The summed E-state index contributed by atoms with van der Waals surface area (Å²) in [7, 11) is 0. The Hall–Kier alpha value is -2.16. The number of anilines is 1. The molecule has 0 bridgehead atoms. The molecule has 98 valence electrons. The van der Waals surface area contributed by atoms with Crippen molar-refractivity contribution in [3.8, 4) is 0 Å². The number of amides is 1. The van der Waals surface area contributed by atoms with Crippen LogP contribution in [0.4, 0.5) is 5.13 Å². The molecule has 4 N–H and O–H groups in total. The van der Waals surface area contributed by atoms with Crippen molar-refractivity contribution in [2.45, 2.75) is 6.92 Å². The molecule has 8 nitrogen and oxygen atoms in total. The number of aliphatic carboxylic acids is 2. The highest BCUT2D eigenvalue weighted by Gasteiger charge is 2.24. The number of nitrogens with two attached hydrogens (primary N) is 1. The van der Waals surface area contributed by atoms with Gasteiger partial charge in [0.1, 0.15) is 18.0 Å². The minimum absolute atomic E-state index is 0.148. The summed E-state index contributed by atoms with van der Waals surface area (Å²) < 4.78 is 0. The molecule has 0 saturated carbocycles. The number of aryl methyl sites for hydroxylation is 1. The average molecular weight is 273 g/mol. The second-order valence-corrected chi connectivity index (χ2v) is 4.45. The fourth-order valence-electron chi connectivity index (χ4n) is 1.29. The van der Waals surface area contributed by atoms with E-state index < -0.39 is 30.9 Å². The lowest BCUT2D eigenvalue weighted by molar-refractivity contribution is -0.140. The van der Waals surface area contributed by atoms with Crippen molar-refractivity contribution in [2.24, 2.45) is 0 Å². The molecular formula is C9H11N3O5S. The molecule has 9 heteroatoms. The minimum Gasteiger partial charge on any atom is -0.480 e.